The molecule has 0 N–H and O–H groups in total. The predicted molar refractivity (Wildman–Crippen MR) is 91.2 cm³/mol. The fourth-order valence-electron chi connectivity index (χ4n) is 3.49. The van der Waals surface area contributed by atoms with E-state index in [4.69, 9.17) is 0 Å². The normalized spacial score (nSPS) is 21.0. The van der Waals surface area contributed by atoms with E-state index in [1.807, 2.05) is 6.08 Å². The molecule has 1 aliphatic rings. The molecule has 1 saturated carbocycles. The molecule has 132 valence electrons. The van der Waals surface area contributed by atoms with Gasteiger partial charge < -0.3 is 0 Å². The summed E-state index contributed by atoms with van der Waals surface area (Å²) < 4.78 is 54.7. The van der Waals surface area contributed by atoms with Crippen LogP contribution in [0.4, 0.5) is 17.6 Å². The fraction of sp³-hybridized carbons (Fsp3) is 0.333. The van der Waals surface area contributed by atoms with Crippen molar-refractivity contribution in [3.63, 3.8) is 0 Å². The molecule has 0 nitrogen and oxygen atoms in total. The van der Waals surface area contributed by atoms with Gasteiger partial charge in [-0.2, -0.15) is 0 Å². The summed E-state index contributed by atoms with van der Waals surface area (Å²) in [7, 11) is 0. The van der Waals surface area contributed by atoms with Crippen molar-refractivity contribution < 1.29 is 17.6 Å². The molecule has 0 atom stereocenters. The van der Waals surface area contributed by atoms with Crippen molar-refractivity contribution in [2.75, 3.05) is 0 Å². The van der Waals surface area contributed by atoms with Crippen molar-refractivity contribution in [3.8, 4) is 0 Å². The van der Waals surface area contributed by atoms with E-state index in [2.05, 4.69) is 0 Å². The van der Waals surface area contributed by atoms with E-state index >= 15 is 0 Å². The van der Waals surface area contributed by atoms with Crippen LogP contribution >= 0.6 is 0 Å². The molecule has 1 aliphatic carbocycles. The van der Waals surface area contributed by atoms with E-state index in [-0.39, 0.29) is 17.4 Å². The van der Waals surface area contributed by atoms with Gasteiger partial charge in [-0.1, -0.05) is 36.4 Å². The first kappa shape index (κ1) is 17.7. The van der Waals surface area contributed by atoms with Crippen LogP contribution in [0.3, 0.4) is 0 Å². The van der Waals surface area contributed by atoms with Crippen LogP contribution in [0.1, 0.15) is 48.3 Å². The standard InChI is InChI=1S/C21H20F4/c1-13-5-12-17(21(25)19(13)23)15-9-6-14(7-10-15)8-11-16-3-2-4-18(22)20(16)24/h2-5,8,11-12,14-15H,6-7,9-10H2,1H3/b11-8+. The Kier molecular flexibility index (Phi) is 5.26. The highest BCUT2D eigenvalue weighted by Crippen LogP contribution is 2.38. The second-order valence-electron chi connectivity index (χ2n) is 6.71. The third-order valence-corrected chi connectivity index (χ3v) is 5.05. The molecule has 0 aliphatic heterocycles. The average molecular weight is 348 g/mol. The quantitative estimate of drug-likeness (QED) is 0.553. The van der Waals surface area contributed by atoms with Gasteiger partial charge in [0.05, 0.1) is 0 Å². The molecule has 25 heavy (non-hydrogen) atoms. The van der Waals surface area contributed by atoms with Gasteiger partial charge in [0.2, 0.25) is 0 Å². The van der Waals surface area contributed by atoms with Gasteiger partial charge in [0.1, 0.15) is 0 Å². The number of halogens is 4. The Bertz CT molecular complexity index is 787. The van der Waals surface area contributed by atoms with Crippen molar-refractivity contribution >= 4 is 6.08 Å². The number of aryl methyl sites for hydroxylation is 1. The van der Waals surface area contributed by atoms with E-state index < -0.39 is 23.3 Å². The minimum Gasteiger partial charge on any atom is -0.204 e. The Balaban J connectivity index is 1.65. The van der Waals surface area contributed by atoms with Crippen molar-refractivity contribution in [2.24, 2.45) is 5.92 Å². The zero-order valence-corrected chi connectivity index (χ0v) is 14.0. The Morgan fingerprint density at radius 1 is 0.840 bits per heavy atom. The highest BCUT2D eigenvalue weighted by Gasteiger charge is 2.25. The van der Waals surface area contributed by atoms with Gasteiger partial charge >= 0.3 is 0 Å². The number of hydrogen-bond donors (Lipinski definition) is 0. The third kappa shape index (κ3) is 3.78. The molecule has 4 heteroatoms. The van der Waals surface area contributed by atoms with E-state index in [9.17, 15) is 17.6 Å². The summed E-state index contributed by atoms with van der Waals surface area (Å²) in [4.78, 5) is 0. The summed E-state index contributed by atoms with van der Waals surface area (Å²) >= 11 is 0. The summed E-state index contributed by atoms with van der Waals surface area (Å²) in [5, 5.41) is 0. The highest BCUT2D eigenvalue weighted by molar-refractivity contribution is 5.50. The summed E-state index contributed by atoms with van der Waals surface area (Å²) in [5.74, 6) is -2.96. The second-order valence-corrected chi connectivity index (χ2v) is 6.71. The van der Waals surface area contributed by atoms with Crippen molar-refractivity contribution in [1.29, 1.82) is 0 Å². The summed E-state index contributed by atoms with van der Waals surface area (Å²) in [6.45, 7) is 1.55. The van der Waals surface area contributed by atoms with Gasteiger partial charge in [-0.05, 0) is 61.6 Å². The summed E-state index contributed by atoms with van der Waals surface area (Å²) in [6.07, 6.45) is 6.62. The lowest BCUT2D eigenvalue weighted by atomic mass is 9.78. The van der Waals surface area contributed by atoms with E-state index in [0.29, 0.717) is 11.1 Å². The molecule has 1 fully saturated rings. The fourth-order valence-corrected chi connectivity index (χ4v) is 3.49. The molecule has 0 bridgehead atoms. The molecule has 2 aromatic rings. The maximum absolute atomic E-state index is 14.1. The third-order valence-electron chi connectivity index (χ3n) is 5.05. The predicted octanol–water partition coefficient (Wildman–Crippen LogP) is 6.54. The zero-order valence-electron chi connectivity index (χ0n) is 14.0. The first-order chi connectivity index (χ1) is 12.0. The maximum Gasteiger partial charge on any atom is 0.166 e. The van der Waals surface area contributed by atoms with Crippen LogP contribution in [0, 0.1) is 36.1 Å². The van der Waals surface area contributed by atoms with Crippen LogP contribution in [0.15, 0.2) is 36.4 Å². The lowest BCUT2D eigenvalue weighted by Crippen LogP contribution is -2.13. The van der Waals surface area contributed by atoms with Crippen LogP contribution in [0.2, 0.25) is 0 Å². The number of rotatable bonds is 3. The van der Waals surface area contributed by atoms with Crippen molar-refractivity contribution in [1.82, 2.24) is 0 Å². The van der Waals surface area contributed by atoms with Gasteiger partial charge in [-0.15, -0.1) is 0 Å². The monoisotopic (exact) mass is 348 g/mol. The smallest absolute Gasteiger partial charge is 0.166 e. The van der Waals surface area contributed by atoms with Crippen LogP contribution in [0.25, 0.3) is 6.08 Å². The SMILES string of the molecule is Cc1ccc(C2CCC(/C=C/c3cccc(F)c3F)CC2)c(F)c1F. The highest BCUT2D eigenvalue weighted by atomic mass is 19.2. The molecule has 0 radical (unpaired) electrons. The minimum atomic E-state index is -0.859. The van der Waals surface area contributed by atoms with Gasteiger partial charge in [-0.3, -0.25) is 0 Å². The van der Waals surface area contributed by atoms with E-state index in [1.165, 1.54) is 12.1 Å². The second kappa shape index (κ2) is 7.42. The Labute approximate surface area is 145 Å². The van der Waals surface area contributed by atoms with Gasteiger partial charge in [0.15, 0.2) is 23.3 Å². The van der Waals surface area contributed by atoms with Gasteiger partial charge in [0.25, 0.3) is 0 Å². The van der Waals surface area contributed by atoms with Crippen LogP contribution in [-0.2, 0) is 0 Å². The molecule has 2 aromatic carbocycles. The Hall–Kier alpha value is -2.10. The first-order valence-electron chi connectivity index (χ1n) is 8.54. The van der Waals surface area contributed by atoms with E-state index in [0.717, 1.165) is 31.7 Å². The Morgan fingerprint density at radius 3 is 2.28 bits per heavy atom. The zero-order chi connectivity index (χ0) is 18.0. The van der Waals surface area contributed by atoms with Crippen molar-refractivity contribution in [3.05, 3.63) is 76.4 Å². The molecular formula is C21H20F4. The first-order valence-corrected chi connectivity index (χ1v) is 8.54. The number of benzene rings is 2. The van der Waals surface area contributed by atoms with Gasteiger partial charge in [-0.25, -0.2) is 17.6 Å². The van der Waals surface area contributed by atoms with Crippen molar-refractivity contribution in [2.45, 2.75) is 38.5 Å². The lowest BCUT2D eigenvalue weighted by molar-refractivity contribution is 0.364. The molecule has 0 heterocycles. The maximum atomic E-state index is 14.1. The van der Waals surface area contributed by atoms with Crippen LogP contribution < -0.4 is 0 Å². The molecule has 0 aromatic heterocycles. The molecule has 0 unspecified atom stereocenters. The number of allylic oxidation sites excluding steroid dienone is 1. The van der Waals surface area contributed by atoms with Crippen LogP contribution in [-0.4, -0.2) is 0 Å². The molecule has 0 saturated heterocycles. The van der Waals surface area contributed by atoms with Crippen LogP contribution in [0.5, 0.6) is 0 Å². The largest absolute Gasteiger partial charge is 0.204 e. The molecule has 0 amide bonds. The molecule has 3 rings (SSSR count). The minimum absolute atomic E-state index is 0.00524. The Morgan fingerprint density at radius 2 is 1.56 bits per heavy atom. The molecular weight excluding hydrogens is 328 g/mol. The topological polar surface area (TPSA) is 0 Å². The lowest BCUT2D eigenvalue weighted by Gasteiger charge is -2.27. The molecule has 0 spiro atoms. The average Bonchev–Trinajstić information content (AvgIpc) is 2.62. The summed E-state index contributed by atoms with van der Waals surface area (Å²) in [5.41, 5.74) is 0.991. The number of hydrogen-bond acceptors (Lipinski definition) is 0. The summed E-state index contributed by atoms with van der Waals surface area (Å²) in [6, 6.07) is 7.39. The van der Waals surface area contributed by atoms with E-state index in [1.54, 1.807) is 25.1 Å². The van der Waals surface area contributed by atoms with Gasteiger partial charge in [0, 0.05) is 5.56 Å².